The third-order valence-corrected chi connectivity index (χ3v) is 4.64. The number of amides is 1. The number of nitrogens with one attached hydrogen (secondary N) is 3. The molecule has 3 aromatic heterocycles. The van der Waals surface area contributed by atoms with E-state index in [0.717, 1.165) is 5.69 Å². The largest absolute Gasteiger partial charge is 0.360 e. The molecule has 9 heteroatoms. The molecule has 0 saturated heterocycles. The highest BCUT2D eigenvalue weighted by Gasteiger charge is 2.25. The molecule has 3 heterocycles. The average molecular weight is 407 g/mol. The molecule has 1 aromatic carbocycles. The van der Waals surface area contributed by atoms with Gasteiger partial charge in [0.1, 0.15) is 23.0 Å². The van der Waals surface area contributed by atoms with Gasteiger partial charge in [-0.25, -0.2) is 9.37 Å². The van der Waals surface area contributed by atoms with Gasteiger partial charge in [-0.05, 0) is 25.1 Å². The molecule has 3 N–H and O–H groups in total. The number of carbonyl (C=O) groups excluding carboxylic acids is 2. The van der Waals surface area contributed by atoms with Gasteiger partial charge in [-0.15, -0.1) is 0 Å². The predicted molar refractivity (Wildman–Crippen MR) is 105 cm³/mol. The molecule has 0 aliphatic rings. The molecular formula is C21H18FN5O3. The molecule has 0 saturated carbocycles. The lowest BCUT2D eigenvalue weighted by molar-refractivity contribution is 0.0949. The van der Waals surface area contributed by atoms with Crippen molar-refractivity contribution in [2.75, 3.05) is 6.54 Å². The number of carbonyl (C=O) groups is 2. The van der Waals surface area contributed by atoms with Crippen molar-refractivity contribution in [1.29, 1.82) is 0 Å². The molecule has 0 spiro atoms. The number of halogens is 1. The van der Waals surface area contributed by atoms with Crippen molar-refractivity contribution in [3.63, 3.8) is 0 Å². The number of aryl methyl sites for hydroxylation is 1. The fourth-order valence-corrected chi connectivity index (χ4v) is 3.10. The van der Waals surface area contributed by atoms with Crippen molar-refractivity contribution < 1.29 is 18.5 Å². The molecule has 0 radical (unpaired) electrons. The number of benzene rings is 1. The maximum Gasteiger partial charge on any atom is 0.267 e. The van der Waals surface area contributed by atoms with Crippen LogP contribution in [0, 0.1) is 12.7 Å². The van der Waals surface area contributed by atoms with Crippen LogP contribution < -0.4 is 5.32 Å². The first kappa shape index (κ1) is 19.3. The van der Waals surface area contributed by atoms with Crippen molar-refractivity contribution in [3.8, 4) is 11.3 Å². The second kappa shape index (κ2) is 8.16. The maximum atomic E-state index is 14.2. The molecule has 30 heavy (non-hydrogen) atoms. The summed E-state index contributed by atoms with van der Waals surface area (Å²) in [6.07, 6.45) is 5.29. The Kier molecular flexibility index (Phi) is 5.25. The van der Waals surface area contributed by atoms with Gasteiger partial charge >= 0.3 is 0 Å². The van der Waals surface area contributed by atoms with Crippen molar-refractivity contribution in [2.45, 2.75) is 13.3 Å². The number of rotatable bonds is 7. The summed E-state index contributed by atoms with van der Waals surface area (Å²) >= 11 is 0. The number of hydrogen-bond acceptors (Lipinski definition) is 5. The summed E-state index contributed by atoms with van der Waals surface area (Å²) in [6, 6.07) is 7.47. The van der Waals surface area contributed by atoms with Crippen LogP contribution in [0.3, 0.4) is 0 Å². The van der Waals surface area contributed by atoms with Crippen LogP contribution in [0.4, 0.5) is 4.39 Å². The van der Waals surface area contributed by atoms with E-state index in [1.807, 2.05) is 0 Å². The summed E-state index contributed by atoms with van der Waals surface area (Å²) in [6.45, 7) is 1.99. The van der Waals surface area contributed by atoms with Crippen LogP contribution >= 0.6 is 0 Å². The lowest BCUT2D eigenvalue weighted by Crippen LogP contribution is -2.26. The lowest BCUT2D eigenvalue weighted by atomic mass is 9.99. The molecule has 4 aromatic rings. The molecule has 0 bridgehead atoms. The topological polar surface area (TPSA) is 117 Å². The van der Waals surface area contributed by atoms with Crippen molar-refractivity contribution in [2.24, 2.45) is 0 Å². The van der Waals surface area contributed by atoms with Gasteiger partial charge in [-0.2, -0.15) is 0 Å². The number of aromatic nitrogens is 4. The van der Waals surface area contributed by atoms with Gasteiger partial charge in [0.2, 0.25) is 0 Å². The van der Waals surface area contributed by atoms with Gasteiger partial charge in [-0.1, -0.05) is 17.3 Å². The monoisotopic (exact) mass is 407 g/mol. The van der Waals surface area contributed by atoms with Gasteiger partial charge in [0.25, 0.3) is 5.91 Å². The molecule has 0 aliphatic heterocycles. The van der Waals surface area contributed by atoms with Crippen LogP contribution in [-0.4, -0.2) is 38.3 Å². The van der Waals surface area contributed by atoms with Gasteiger partial charge in [-0.3, -0.25) is 9.59 Å². The molecule has 4 rings (SSSR count). The minimum absolute atomic E-state index is 0.127. The third kappa shape index (κ3) is 3.77. The maximum absolute atomic E-state index is 14.2. The molecule has 152 valence electrons. The van der Waals surface area contributed by atoms with Crippen LogP contribution in [-0.2, 0) is 6.42 Å². The second-order valence-corrected chi connectivity index (χ2v) is 6.66. The first-order chi connectivity index (χ1) is 14.5. The Labute approximate surface area is 170 Å². The normalized spacial score (nSPS) is 10.9. The van der Waals surface area contributed by atoms with Crippen molar-refractivity contribution in [1.82, 2.24) is 25.4 Å². The number of imidazole rings is 1. The summed E-state index contributed by atoms with van der Waals surface area (Å²) in [5.41, 5.74) is 1.85. The smallest absolute Gasteiger partial charge is 0.267 e. The van der Waals surface area contributed by atoms with E-state index < -0.39 is 11.6 Å². The number of nitrogens with zero attached hydrogens (tertiary/aromatic N) is 2. The predicted octanol–water partition coefficient (Wildman–Crippen LogP) is 3.04. The molecule has 0 fully saturated rings. The Morgan fingerprint density at radius 1 is 1.23 bits per heavy atom. The van der Waals surface area contributed by atoms with Crippen LogP contribution in [0.5, 0.6) is 0 Å². The Hall–Kier alpha value is -4.01. The number of hydrogen-bond donors (Lipinski definition) is 3. The Morgan fingerprint density at radius 2 is 2.07 bits per heavy atom. The minimum Gasteiger partial charge on any atom is -0.360 e. The van der Waals surface area contributed by atoms with Crippen molar-refractivity contribution in [3.05, 3.63) is 83.1 Å². The van der Waals surface area contributed by atoms with Crippen LogP contribution in [0.15, 0.2) is 53.6 Å². The summed E-state index contributed by atoms with van der Waals surface area (Å²) in [4.78, 5) is 35.1. The molecule has 0 unspecified atom stereocenters. The average Bonchev–Trinajstić information content (AvgIpc) is 3.49. The fourth-order valence-electron chi connectivity index (χ4n) is 3.10. The van der Waals surface area contributed by atoms with Crippen LogP contribution in [0.2, 0.25) is 0 Å². The number of ketones is 1. The van der Waals surface area contributed by atoms with E-state index in [-0.39, 0.29) is 39.7 Å². The molecule has 0 atom stereocenters. The van der Waals surface area contributed by atoms with E-state index in [4.69, 9.17) is 4.52 Å². The van der Waals surface area contributed by atoms with E-state index in [1.54, 1.807) is 31.6 Å². The Balaban J connectivity index is 1.51. The van der Waals surface area contributed by atoms with E-state index in [0.29, 0.717) is 13.0 Å². The Bertz CT molecular complexity index is 1190. The third-order valence-electron chi connectivity index (χ3n) is 4.64. The highest BCUT2D eigenvalue weighted by atomic mass is 19.1. The van der Waals surface area contributed by atoms with Gasteiger partial charge in [0, 0.05) is 42.2 Å². The first-order valence-electron chi connectivity index (χ1n) is 9.24. The lowest BCUT2D eigenvalue weighted by Gasteiger charge is -2.03. The summed E-state index contributed by atoms with van der Waals surface area (Å²) in [5, 5.41) is 6.64. The van der Waals surface area contributed by atoms with Crippen LogP contribution in [0.25, 0.3) is 11.3 Å². The number of aromatic amines is 2. The molecule has 8 nitrogen and oxygen atoms in total. The minimum atomic E-state index is -0.508. The van der Waals surface area contributed by atoms with E-state index in [9.17, 15) is 14.0 Å². The SMILES string of the molecule is Cc1onc(-c2ccccc2F)c1C(=O)c1c[nH]c(C(=O)NCCc2cnc[nH]2)c1. The van der Waals surface area contributed by atoms with E-state index in [2.05, 4.69) is 25.4 Å². The molecule has 0 aliphatic carbocycles. The summed E-state index contributed by atoms with van der Waals surface area (Å²) in [5.74, 6) is -0.999. The Morgan fingerprint density at radius 3 is 2.83 bits per heavy atom. The molecular weight excluding hydrogens is 389 g/mol. The summed E-state index contributed by atoms with van der Waals surface area (Å²) < 4.78 is 19.4. The number of H-pyrrole nitrogens is 2. The quantitative estimate of drug-likeness (QED) is 0.407. The standard InChI is InChI=1S/C21H18FN5O3/c1-12-18(19(27-30-12)15-4-2-3-5-16(15)22)20(28)13-8-17(25-9-13)21(29)24-7-6-14-10-23-11-26-14/h2-5,8-11,25H,6-7H2,1H3,(H,23,26)(H,24,29). The second-order valence-electron chi connectivity index (χ2n) is 6.66. The summed E-state index contributed by atoms with van der Waals surface area (Å²) in [7, 11) is 0. The molecule has 1 amide bonds. The first-order valence-corrected chi connectivity index (χ1v) is 9.24. The van der Waals surface area contributed by atoms with Gasteiger partial charge < -0.3 is 19.8 Å². The zero-order valence-corrected chi connectivity index (χ0v) is 16.0. The van der Waals surface area contributed by atoms with Gasteiger partial charge in [0.05, 0.1) is 11.9 Å². The van der Waals surface area contributed by atoms with E-state index in [1.165, 1.54) is 24.4 Å². The zero-order chi connectivity index (χ0) is 21.1. The van der Waals surface area contributed by atoms with E-state index >= 15 is 0 Å². The van der Waals surface area contributed by atoms with Crippen LogP contribution in [0.1, 0.15) is 37.9 Å². The fraction of sp³-hybridized carbons (Fsp3) is 0.143. The highest BCUT2D eigenvalue weighted by Crippen LogP contribution is 2.29. The van der Waals surface area contributed by atoms with Gasteiger partial charge in [0.15, 0.2) is 5.78 Å². The van der Waals surface area contributed by atoms with Crippen molar-refractivity contribution >= 4 is 11.7 Å². The zero-order valence-electron chi connectivity index (χ0n) is 16.0. The highest BCUT2D eigenvalue weighted by molar-refractivity contribution is 6.13.